The topological polar surface area (TPSA) is 17.8 Å². The number of aromatic nitrogens is 2. The molecule has 192 valence electrons. The van der Waals surface area contributed by atoms with Crippen molar-refractivity contribution in [3.8, 4) is 16.8 Å². The van der Waals surface area contributed by atoms with Gasteiger partial charge in [-0.05, 0) is 62.1 Å². The molecule has 2 nitrogen and oxygen atoms in total. The van der Waals surface area contributed by atoms with Crippen LogP contribution in [0, 0.1) is 29.1 Å². The van der Waals surface area contributed by atoms with Crippen LogP contribution in [0.4, 0.5) is 22.0 Å². The van der Waals surface area contributed by atoms with Crippen molar-refractivity contribution in [3.63, 3.8) is 0 Å². The van der Waals surface area contributed by atoms with E-state index in [1.165, 1.54) is 6.07 Å². The number of pyridine rings is 1. The third kappa shape index (κ3) is 2.84. The zero-order chi connectivity index (χ0) is 27.3. The lowest BCUT2D eigenvalue weighted by Crippen LogP contribution is -2.04. The van der Waals surface area contributed by atoms with E-state index in [0.717, 1.165) is 49.0 Å². The summed E-state index contributed by atoms with van der Waals surface area (Å²) in [5.74, 6) is -9.82. The maximum Gasteiger partial charge on any atom is 0.200 e. The summed E-state index contributed by atoms with van der Waals surface area (Å²) in [5, 5.41) is 6.45. The van der Waals surface area contributed by atoms with Crippen LogP contribution in [-0.2, 0) is 0 Å². The summed E-state index contributed by atoms with van der Waals surface area (Å²) in [6, 6.07) is 24.4. The number of halogens is 5. The highest BCUT2D eigenvalue weighted by atomic mass is 19.2. The molecule has 0 saturated heterocycles. The molecule has 8 aromatic rings. The molecular formula is C33H15F5N2. The van der Waals surface area contributed by atoms with Crippen molar-refractivity contribution < 1.29 is 22.0 Å². The first-order valence-corrected chi connectivity index (χ1v) is 12.5. The maximum absolute atomic E-state index is 14.9. The summed E-state index contributed by atoms with van der Waals surface area (Å²) in [6.07, 6.45) is 3.55. The number of hydrogen-bond donors (Lipinski definition) is 0. The van der Waals surface area contributed by atoms with Gasteiger partial charge in [0.2, 0.25) is 5.82 Å². The monoisotopic (exact) mass is 534 g/mol. The Morgan fingerprint density at radius 3 is 1.95 bits per heavy atom. The number of fused-ring (bicyclic) bond motifs is 4. The molecule has 0 amide bonds. The van der Waals surface area contributed by atoms with Crippen LogP contribution in [0.1, 0.15) is 0 Å². The van der Waals surface area contributed by atoms with Crippen LogP contribution in [0.2, 0.25) is 0 Å². The molecule has 0 aliphatic carbocycles. The Hall–Kier alpha value is -5.04. The van der Waals surface area contributed by atoms with E-state index >= 15 is 0 Å². The molecule has 0 unspecified atom stereocenters. The van der Waals surface area contributed by atoms with Gasteiger partial charge in [-0.15, -0.1) is 0 Å². The predicted molar refractivity (Wildman–Crippen MR) is 148 cm³/mol. The molecule has 6 aromatic carbocycles. The summed E-state index contributed by atoms with van der Waals surface area (Å²) >= 11 is 0. The van der Waals surface area contributed by atoms with Crippen LogP contribution in [0.3, 0.4) is 0 Å². The fraction of sp³-hybridized carbons (Fsp3) is 0. The molecule has 0 aliphatic rings. The van der Waals surface area contributed by atoms with Gasteiger partial charge in [-0.2, -0.15) is 0 Å². The minimum atomic E-state index is -2.18. The molecule has 0 saturated carbocycles. The third-order valence-corrected chi connectivity index (χ3v) is 7.81. The van der Waals surface area contributed by atoms with Crippen LogP contribution in [0.5, 0.6) is 0 Å². The third-order valence-electron chi connectivity index (χ3n) is 7.81. The van der Waals surface area contributed by atoms with E-state index in [4.69, 9.17) is 0 Å². The van der Waals surface area contributed by atoms with Crippen molar-refractivity contribution in [1.29, 1.82) is 0 Å². The van der Waals surface area contributed by atoms with Crippen LogP contribution in [0.15, 0.2) is 91.3 Å². The molecule has 0 spiro atoms. The number of rotatable bonds is 2. The summed E-state index contributed by atoms with van der Waals surface area (Å²) in [5.41, 5.74) is 1.84. The Morgan fingerprint density at radius 1 is 0.525 bits per heavy atom. The molecule has 0 radical (unpaired) electrons. The van der Waals surface area contributed by atoms with Gasteiger partial charge in [0, 0.05) is 22.7 Å². The molecular weight excluding hydrogens is 519 g/mol. The van der Waals surface area contributed by atoms with Crippen molar-refractivity contribution in [2.45, 2.75) is 0 Å². The Bertz CT molecular complexity index is 2290. The average molecular weight is 534 g/mol. The van der Waals surface area contributed by atoms with E-state index in [1.54, 1.807) is 18.3 Å². The standard InChI is InChI=1S/C33H15F5N2/c34-29-28(30(35)32(37)33(38)31(29)36)20-9-6-16-7-11-22-26-17(8-10-19(20)25(16)26)14-23-27(22)21-12-13-39-15-24(21)40(23)18-4-2-1-3-5-18/h1-15H. The van der Waals surface area contributed by atoms with Crippen molar-refractivity contribution in [1.82, 2.24) is 9.55 Å². The quantitative estimate of drug-likeness (QED) is 0.0935. The molecule has 40 heavy (non-hydrogen) atoms. The van der Waals surface area contributed by atoms with Gasteiger partial charge in [-0.3, -0.25) is 4.98 Å². The number of hydrogen-bond acceptors (Lipinski definition) is 1. The largest absolute Gasteiger partial charge is 0.308 e. The SMILES string of the molecule is Fc1c(F)c(F)c(-c2ccc3ccc4c5c(ccc2c35)cc2c4c3ccncc3n2-c2ccccc2)c(F)c1F. The van der Waals surface area contributed by atoms with Gasteiger partial charge in [-0.25, -0.2) is 22.0 Å². The molecule has 2 heterocycles. The molecule has 0 N–H and O–H groups in total. The highest BCUT2D eigenvalue weighted by Crippen LogP contribution is 2.45. The van der Waals surface area contributed by atoms with E-state index in [9.17, 15) is 22.0 Å². The molecule has 0 aliphatic heterocycles. The van der Waals surface area contributed by atoms with E-state index in [2.05, 4.69) is 15.6 Å². The number of nitrogens with zero attached hydrogens (tertiary/aromatic N) is 2. The fourth-order valence-electron chi connectivity index (χ4n) is 6.14. The molecule has 2 aromatic heterocycles. The normalized spacial score (nSPS) is 12.1. The molecule has 0 fully saturated rings. The second kappa shape index (κ2) is 7.99. The second-order valence-electron chi connectivity index (χ2n) is 9.81. The average Bonchev–Trinajstić information content (AvgIpc) is 3.32. The van der Waals surface area contributed by atoms with E-state index in [0.29, 0.717) is 10.8 Å². The maximum atomic E-state index is 14.9. The van der Waals surface area contributed by atoms with E-state index < -0.39 is 34.6 Å². The molecule has 7 heteroatoms. The molecule has 0 atom stereocenters. The Labute approximate surface area is 222 Å². The van der Waals surface area contributed by atoms with Gasteiger partial charge < -0.3 is 4.57 Å². The minimum absolute atomic E-state index is 0.0642. The predicted octanol–water partition coefficient (Wildman–Crippen LogP) is 9.44. The van der Waals surface area contributed by atoms with Gasteiger partial charge in [0.25, 0.3) is 0 Å². The first kappa shape index (κ1) is 22.9. The van der Waals surface area contributed by atoms with Crippen LogP contribution in [0.25, 0.3) is 70.9 Å². The summed E-state index contributed by atoms with van der Waals surface area (Å²) in [6.45, 7) is 0. The first-order chi connectivity index (χ1) is 19.5. The van der Waals surface area contributed by atoms with Gasteiger partial charge in [-0.1, -0.05) is 54.6 Å². The molecule has 0 bridgehead atoms. The fourth-order valence-corrected chi connectivity index (χ4v) is 6.14. The zero-order valence-electron chi connectivity index (χ0n) is 20.4. The van der Waals surface area contributed by atoms with Gasteiger partial charge in [0.05, 0.1) is 22.8 Å². The van der Waals surface area contributed by atoms with E-state index in [1.807, 2.05) is 60.8 Å². The second-order valence-corrected chi connectivity index (χ2v) is 9.81. The van der Waals surface area contributed by atoms with Crippen molar-refractivity contribution in [2.24, 2.45) is 0 Å². The summed E-state index contributed by atoms with van der Waals surface area (Å²) in [7, 11) is 0. The molecule has 8 rings (SSSR count). The summed E-state index contributed by atoms with van der Waals surface area (Å²) < 4.78 is 74.2. The van der Waals surface area contributed by atoms with Gasteiger partial charge in [0.15, 0.2) is 23.3 Å². The Kier molecular flexibility index (Phi) is 4.57. The van der Waals surface area contributed by atoms with E-state index in [-0.39, 0.29) is 5.56 Å². The number of para-hydroxylation sites is 1. The Balaban J connectivity index is 1.55. The van der Waals surface area contributed by atoms with Crippen molar-refractivity contribution in [3.05, 3.63) is 120 Å². The number of benzene rings is 6. The zero-order valence-corrected chi connectivity index (χ0v) is 20.4. The summed E-state index contributed by atoms with van der Waals surface area (Å²) in [4.78, 5) is 4.37. The Morgan fingerprint density at radius 2 is 1.18 bits per heavy atom. The highest BCUT2D eigenvalue weighted by Gasteiger charge is 2.28. The van der Waals surface area contributed by atoms with Gasteiger partial charge >= 0.3 is 0 Å². The smallest absolute Gasteiger partial charge is 0.200 e. The highest BCUT2D eigenvalue weighted by molar-refractivity contribution is 6.34. The lowest BCUT2D eigenvalue weighted by Gasteiger charge is -2.16. The van der Waals surface area contributed by atoms with Crippen molar-refractivity contribution >= 4 is 54.1 Å². The first-order valence-electron chi connectivity index (χ1n) is 12.5. The van der Waals surface area contributed by atoms with Crippen LogP contribution >= 0.6 is 0 Å². The van der Waals surface area contributed by atoms with Gasteiger partial charge in [0.1, 0.15) is 0 Å². The lowest BCUT2D eigenvalue weighted by molar-refractivity contribution is 0.381. The van der Waals surface area contributed by atoms with Crippen LogP contribution < -0.4 is 0 Å². The minimum Gasteiger partial charge on any atom is -0.308 e. The van der Waals surface area contributed by atoms with Crippen LogP contribution in [-0.4, -0.2) is 9.55 Å². The lowest BCUT2D eigenvalue weighted by atomic mass is 9.88. The van der Waals surface area contributed by atoms with Crippen molar-refractivity contribution in [2.75, 3.05) is 0 Å².